The van der Waals surface area contributed by atoms with E-state index in [-0.39, 0.29) is 16.5 Å². The van der Waals surface area contributed by atoms with Crippen LogP contribution in [-0.4, -0.2) is 25.7 Å². The summed E-state index contributed by atoms with van der Waals surface area (Å²) in [6.07, 6.45) is 3.13. The van der Waals surface area contributed by atoms with Gasteiger partial charge in [-0.05, 0) is 31.0 Å². The molecule has 7 heteroatoms. The van der Waals surface area contributed by atoms with Gasteiger partial charge in [-0.3, -0.25) is 0 Å². The number of rotatable bonds is 4. The smallest absolute Gasteiger partial charge is 0.242 e. The molecule has 0 aromatic heterocycles. The Kier molecular flexibility index (Phi) is 4.57. The van der Waals surface area contributed by atoms with Crippen molar-refractivity contribution in [3.63, 3.8) is 0 Å². The molecule has 0 saturated heterocycles. The van der Waals surface area contributed by atoms with E-state index in [1.165, 1.54) is 12.1 Å². The average Bonchev–Trinajstić information content (AvgIpc) is 2.77. The quantitative estimate of drug-likeness (QED) is 0.858. The van der Waals surface area contributed by atoms with Crippen molar-refractivity contribution in [1.82, 2.24) is 4.72 Å². The van der Waals surface area contributed by atoms with Crippen molar-refractivity contribution >= 4 is 37.6 Å². The highest BCUT2D eigenvalue weighted by atomic mass is 79.9. The van der Waals surface area contributed by atoms with Gasteiger partial charge in [-0.2, -0.15) is 0 Å². The van der Waals surface area contributed by atoms with Gasteiger partial charge in [-0.1, -0.05) is 40.4 Å². The minimum Gasteiger partial charge on any atom is -0.394 e. The molecule has 0 radical (unpaired) electrons. The van der Waals surface area contributed by atoms with Gasteiger partial charge in [0.05, 0.1) is 17.2 Å². The van der Waals surface area contributed by atoms with Gasteiger partial charge in [0, 0.05) is 4.47 Å². The molecule has 1 saturated carbocycles. The van der Waals surface area contributed by atoms with Crippen LogP contribution in [0.5, 0.6) is 0 Å². The first-order valence-electron chi connectivity index (χ1n) is 5.98. The average molecular weight is 369 g/mol. The molecule has 1 aromatic carbocycles. The molecule has 0 spiro atoms. The molecular formula is C12H15BrClNO3S. The zero-order valence-electron chi connectivity index (χ0n) is 10.2. The molecule has 0 aliphatic heterocycles. The zero-order chi connectivity index (χ0) is 14.1. The number of aliphatic hydroxyl groups is 1. The molecule has 2 N–H and O–H groups in total. The molecule has 0 atom stereocenters. The van der Waals surface area contributed by atoms with Crippen LogP contribution in [-0.2, 0) is 10.0 Å². The third-order valence-electron chi connectivity index (χ3n) is 3.40. The lowest BCUT2D eigenvalue weighted by atomic mass is 10.0. The highest BCUT2D eigenvalue weighted by Gasteiger charge is 2.37. The lowest BCUT2D eigenvalue weighted by molar-refractivity contribution is 0.185. The van der Waals surface area contributed by atoms with Gasteiger partial charge < -0.3 is 5.11 Å². The highest BCUT2D eigenvalue weighted by molar-refractivity contribution is 9.10. The van der Waals surface area contributed by atoms with Crippen LogP contribution < -0.4 is 4.72 Å². The fourth-order valence-corrected chi connectivity index (χ4v) is 4.87. The van der Waals surface area contributed by atoms with E-state index in [4.69, 9.17) is 11.6 Å². The molecule has 0 bridgehead atoms. The van der Waals surface area contributed by atoms with Crippen LogP contribution in [0.15, 0.2) is 27.6 Å². The largest absolute Gasteiger partial charge is 0.394 e. The summed E-state index contributed by atoms with van der Waals surface area (Å²) >= 11 is 9.21. The number of benzene rings is 1. The Balaban J connectivity index is 2.32. The molecular weight excluding hydrogens is 354 g/mol. The zero-order valence-corrected chi connectivity index (χ0v) is 13.4. The van der Waals surface area contributed by atoms with E-state index < -0.39 is 15.6 Å². The maximum absolute atomic E-state index is 12.4. The molecule has 1 fully saturated rings. The Morgan fingerprint density at radius 2 is 2.00 bits per heavy atom. The molecule has 0 heterocycles. The van der Waals surface area contributed by atoms with Crippen molar-refractivity contribution in [2.75, 3.05) is 6.61 Å². The predicted molar refractivity (Wildman–Crippen MR) is 77.8 cm³/mol. The maximum Gasteiger partial charge on any atom is 0.242 e. The molecule has 2 rings (SSSR count). The molecule has 1 aliphatic carbocycles. The summed E-state index contributed by atoms with van der Waals surface area (Å²) in [5.41, 5.74) is -0.741. The number of nitrogens with one attached hydrogen (secondary N) is 1. The summed E-state index contributed by atoms with van der Waals surface area (Å²) in [6.45, 7) is -0.194. The first kappa shape index (κ1) is 15.3. The van der Waals surface area contributed by atoms with Crippen molar-refractivity contribution in [2.24, 2.45) is 0 Å². The van der Waals surface area contributed by atoms with E-state index in [0.717, 1.165) is 12.8 Å². The molecule has 0 amide bonds. The number of halogens is 2. The van der Waals surface area contributed by atoms with E-state index in [9.17, 15) is 13.5 Å². The van der Waals surface area contributed by atoms with Crippen molar-refractivity contribution in [3.05, 3.63) is 27.7 Å². The van der Waals surface area contributed by atoms with E-state index in [2.05, 4.69) is 20.7 Å². The number of hydrogen-bond acceptors (Lipinski definition) is 3. The summed E-state index contributed by atoms with van der Waals surface area (Å²) in [7, 11) is -3.72. The standard InChI is InChI=1S/C12H15BrClNO3S/c13-9-3-4-11(10(14)7-9)19(17,18)15-12(8-16)5-1-2-6-12/h3-4,7,15-16H,1-2,5-6,8H2. The van der Waals surface area contributed by atoms with Crippen LogP contribution in [0.3, 0.4) is 0 Å². The third kappa shape index (κ3) is 3.31. The lowest BCUT2D eigenvalue weighted by Crippen LogP contribution is -2.49. The number of hydrogen-bond donors (Lipinski definition) is 2. The van der Waals surface area contributed by atoms with E-state index in [1.807, 2.05) is 0 Å². The number of sulfonamides is 1. The summed E-state index contributed by atoms with van der Waals surface area (Å²) in [4.78, 5) is 0.0390. The van der Waals surface area contributed by atoms with Gasteiger partial charge in [0.1, 0.15) is 4.90 Å². The van der Waals surface area contributed by atoms with Gasteiger partial charge in [-0.25, -0.2) is 13.1 Å². The van der Waals surface area contributed by atoms with Crippen molar-refractivity contribution < 1.29 is 13.5 Å². The van der Waals surface area contributed by atoms with Crippen LogP contribution in [0, 0.1) is 0 Å². The van der Waals surface area contributed by atoms with Gasteiger partial charge in [0.25, 0.3) is 0 Å². The Morgan fingerprint density at radius 3 is 2.53 bits per heavy atom. The highest BCUT2D eigenvalue weighted by Crippen LogP contribution is 2.32. The molecule has 1 aliphatic rings. The van der Waals surface area contributed by atoms with E-state index >= 15 is 0 Å². The lowest BCUT2D eigenvalue weighted by Gasteiger charge is -2.27. The van der Waals surface area contributed by atoms with Crippen molar-refractivity contribution in [3.8, 4) is 0 Å². The Morgan fingerprint density at radius 1 is 1.37 bits per heavy atom. The SMILES string of the molecule is O=S(=O)(NC1(CO)CCCC1)c1ccc(Br)cc1Cl. The molecule has 4 nitrogen and oxygen atoms in total. The Bertz CT molecular complexity index is 570. The minimum atomic E-state index is -3.72. The van der Waals surface area contributed by atoms with Crippen molar-refractivity contribution in [2.45, 2.75) is 36.1 Å². The monoisotopic (exact) mass is 367 g/mol. The fourth-order valence-electron chi connectivity index (χ4n) is 2.38. The van der Waals surface area contributed by atoms with Crippen LogP contribution in [0.4, 0.5) is 0 Å². The maximum atomic E-state index is 12.4. The third-order valence-corrected chi connectivity index (χ3v) is 5.95. The summed E-state index contributed by atoms with van der Waals surface area (Å²) < 4.78 is 28.1. The number of aliphatic hydroxyl groups excluding tert-OH is 1. The Hall–Kier alpha value is -0.140. The second-order valence-electron chi connectivity index (χ2n) is 4.83. The van der Waals surface area contributed by atoms with E-state index in [1.54, 1.807) is 6.07 Å². The summed E-state index contributed by atoms with van der Waals surface area (Å²) in [5.74, 6) is 0. The molecule has 1 aromatic rings. The van der Waals surface area contributed by atoms with E-state index in [0.29, 0.717) is 17.3 Å². The van der Waals surface area contributed by atoms with Crippen LogP contribution in [0.1, 0.15) is 25.7 Å². The van der Waals surface area contributed by atoms with Gasteiger partial charge in [0.15, 0.2) is 0 Å². The Labute approximate surface area is 126 Å². The second-order valence-corrected chi connectivity index (χ2v) is 7.80. The summed E-state index contributed by atoms with van der Waals surface area (Å²) in [5, 5.41) is 9.63. The molecule has 0 unspecified atom stereocenters. The first-order valence-corrected chi connectivity index (χ1v) is 8.64. The van der Waals surface area contributed by atoms with Crippen LogP contribution in [0.2, 0.25) is 5.02 Å². The summed E-state index contributed by atoms with van der Waals surface area (Å²) in [6, 6.07) is 4.62. The topological polar surface area (TPSA) is 66.4 Å². The van der Waals surface area contributed by atoms with Crippen LogP contribution >= 0.6 is 27.5 Å². The fraction of sp³-hybridized carbons (Fsp3) is 0.500. The van der Waals surface area contributed by atoms with Gasteiger partial charge >= 0.3 is 0 Å². The van der Waals surface area contributed by atoms with Crippen molar-refractivity contribution in [1.29, 1.82) is 0 Å². The van der Waals surface area contributed by atoms with Gasteiger partial charge in [-0.15, -0.1) is 0 Å². The predicted octanol–water partition coefficient (Wildman–Crippen LogP) is 2.69. The minimum absolute atomic E-state index is 0.0390. The molecule has 19 heavy (non-hydrogen) atoms. The molecule has 106 valence electrons. The van der Waals surface area contributed by atoms with Crippen LogP contribution in [0.25, 0.3) is 0 Å². The van der Waals surface area contributed by atoms with Gasteiger partial charge in [0.2, 0.25) is 10.0 Å². The normalized spacial score (nSPS) is 18.7. The first-order chi connectivity index (χ1) is 8.88. The second kappa shape index (κ2) is 5.69.